The first kappa shape index (κ1) is 19.0. The van der Waals surface area contributed by atoms with Crippen molar-refractivity contribution in [3.63, 3.8) is 0 Å². The minimum absolute atomic E-state index is 0.110. The molecule has 2 aromatic carbocycles. The van der Waals surface area contributed by atoms with Crippen molar-refractivity contribution in [2.24, 2.45) is 0 Å². The van der Waals surface area contributed by atoms with Crippen molar-refractivity contribution >= 4 is 23.4 Å². The fraction of sp³-hybridized carbons (Fsp3) is 0.250. The van der Waals surface area contributed by atoms with Crippen molar-refractivity contribution in [2.75, 3.05) is 17.7 Å². The first-order chi connectivity index (χ1) is 13.2. The average Bonchev–Trinajstić information content (AvgIpc) is 3.17. The highest BCUT2D eigenvalue weighted by atomic mass is 32.2. The highest BCUT2D eigenvalue weighted by Crippen LogP contribution is 2.25. The van der Waals surface area contributed by atoms with E-state index in [0.29, 0.717) is 17.7 Å². The lowest BCUT2D eigenvalue weighted by atomic mass is 10.1. The van der Waals surface area contributed by atoms with Gasteiger partial charge in [0.25, 0.3) is 5.22 Å². The van der Waals surface area contributed by atoms with Crippen molar-refractivity contribution in [2.45, 2.75) is 25.5 Å². The van der Waals surface area contributed by atoms with Crippen LogP contribution in [0.5, 0.6) is 5.75 Å². The van der Waals surface area contributed by atoms with E-state index in [0.717, 1.165) is 29.0 Å². The fourth-order valence-corrected chi connectivity index (χ4v) is 3.07. The third-order valence-electron chi connectivity index (χ3n) is 3.82. The quantitative estimate of drug-likeness (QED) is 0.580. The summed E-state index contributed by atoms with van der Waals surface area (Å²) in [6, 6.07) is 15.2. The van der Waals surface area contributed by atoms with Gasteiger partial charge in [-0.3, -0.25) is 4.79 Å². The number of benzene rings is 2. The van der Waals surface area contributed by atoms with Crippen molar-refractivity contribution in [3.05, 3.63) is 54.1 Å². The third-order valence-corrected chi connectivity index (χ3v) is 4.64. The second-order valence-electron chi connectivity index (χ2n) is 5.68. The van der Waals surface area contributed by atoms with Crippen LogP contribution >= 0.6 is 11.8 Å². The summed E-state index contributed by atoms with van der Waals surface area (Å²) >= 11 is 1.21. The van der Waals surface area contributed by atoms with Crippen LogP contribution in [0, 0.1) is 0 Å². The van der Waals surface area contributed by atoms with Crippen molar-refractivity contribution in [1.82, 2.24) is 10.2 Å². The normalized spacial score (nSPS) is 10.6. The Labute approximate surface area is 162 Å². The van der Waals surface area contributed by atoms with Crippen LogP contribution in [0.1, 0.15) is 19.4 Å². The summed E-state index contributed by atoms with van der Waals surface area (Å²) in [6.07, 6.45) is 0.860. The maximum atomic E-state index is 12.2. The molecular formula is C20H21N3O3S. The van der Waals surface area contributed by atoms with Gasteiger partial charge in [0, 0.05) is 11.3 Å². The van der Waals surface area contributed by atoms with Gasteiger partial charge in [-0.25, -0.2) is 0 Å². The van der Waals surface area contributed by atoms with E-state index in [9.17, 15) is 4.79 Å². The van der Waals surface area contributed by atoms with Crippen LogP contribution in [0.2, 0.25) is 0 Å². The standard InChI is InChI=1S/C20H21N3O3S/c1-3-14-7-5-6-8-17(14)21-18(24)13-27-20-23-22-19(26-20)15-9-11-16(12-10-15)25-4-2/h5-12H,3-4,13H2,1-2H3,(H,21,24). The Hall–Kier alpha value is -2.80. The SMILES string of the molecule is CCOc1ccc(-c2nnc(SCC(=O)Nc3ccccc3CC)o2)cc1. The molecule has 0 bridgehead atoms. The zero-order chi connectivity index (χ0) is 19.1. The molecule has 6 nitrogen and oxygen atoms in total. The molecule has 0 aliphatic carbocycles. The molecule has 0 saturated heterocycles. The van der Waals surface area contributed by atoms with Crippen LogP contribution in [-0.2, 0) is 11.2 Å². The van der Waals surface area contributed by atoms with Gasteiger partial charge < -0.3 is 14.5 Å². The summed E-state index contributed by atoms with van der Waals surface area (Å²) in [5, 5.41) is 11.3. The molecule has 0 atom stereocenters. The molecule has 1 heterocycles. The number of nitrogens with zero attached hydrogens (tertiary/aromatic N) is 2. The number of aromatic nitrogens is 2. The van der Waals surface area contributed by atoms with E-state index in [4.69, 9.17) is 9.15 Å². The number of amides is 1. The number of hydrogen-bond acceptors (Lipinski definition) is 6. The molecule has 3 rings (SSSR count). The van der Waals surface area contributed by atoms with Gasteiger partial charge in [0.05, 0.1) is 12.4 Å². The summed E-state index contributed by atoms with van der Waals surface area (Å²) in [7, 11) is 0. The van der Waals surface area contributed by atoms with Crippen LogP contribution < -0.4 is 10.1 Å². The van der Waals surface area contributed by atoms with E-state index < -0.39 is 0 Å². The molecule has 7 heteroatoms. The zero-order valence-corrected chi connectivity index (χ0v) is 16.1. The summed E-state index contributed by atoms with van der Waals surface area (Å²) < 4.78 is 11.1. The topological polar surface area (TPSA) is 77.2 Å². The molecule has 1 N–H and O–H groups in total. The van der Waals surface area contributed by atoms with Gasteiger partial charge in [-0.2, -0.15) is 0 Å². The Kier molecular flexibility index (Phi) is 6.49. The number of aryl methyl sites for hydroxylation is 1. The average molecular weight is 383 g/mol. The molecule has 1 amide bonds. The lowest BCUT2D eigenvalue weighted by Gasteiger charge is -2.08. The smallest absolute Gasteiger partial charge is 0.277 e. The molecule has 27 heavy (non-hydrogen) atoms. The van der Waals surface area contributed by atoms with E-state index in [-0.39, 0.29) is 11.7 Å². The number of para-hydroxylation sites is 1. The Balaban J connectivity index is 1.57. The van der Waals surface area contributed by atoms with Gasteiger partial charge in [-0.1, -0.05) is 36.9 Å². The van der Waals surface area contributed by atoms with Crippen molar-refractivity contribution < 1.29 is 13.9 Å². The summed E-state index contributed by atoms with van der Waals surface area (Å²) in [6.45, 7) is 4.61. The van der Waals surface area contributed by atoms with Crippen LogP contribution in [0.15, 0.2) is 58.2 Å². The number of anilines is 1. The molecule has 3 aromatic rings. The second-order valence-corrected chi connectivity index (χ2v) is 6.60. The molecule has 0 aliphatic heterocycles. The van der Waals surface area contributed by atoms with Crippen LogP contribution in [0.4, 0.5) is 5.69 Å². The highest BCUT2D eigenvalue weighted by Gasteiger charge is 2.12. The van der Waals surface area contributed by atoms with Gasteiger partial charge in [-0.05, 0) is 49.2 Å². The monoisotopic (exact) mass is 383 g/mol. The van der Waals surface area contributed by atoms with Gasteiger partial charge in [0.2, 0.25) is 11.8 Å². The molecule has 0 unspecified atom stereocenters. The summed E-state index contributed by atoms with van der Waals surface area (Å²) in [5.74, 6) is 1.29. The molecule has 0 saturated carbocycles. The number of rotatable bonds is 8. The number of carbonyl (C=O) groups excluding carboxylic acids is 1. The van der Waals surface area contributed by atoms with Gasteiger partial charge in [-0.15, -0.1) is 10.2 Å². The van der Waals surface area contributed by atoms with Crippen LogP contribution in [0.3, 0.4) is 0 Å². The highest BCUT2D eigenvalue weighted by molar-refractivity contribution is 7.99. The molecule has 0 radical (unpaired) electrons. The van der Waals surface area contributed by atoms with E-state index in [1.54, 1.807) is 0 Å². The summed E-state index contributed by atoms with van der Waals surface area (Å²) in [5.41, 5.74) is 2.75. The first-order valence-electron chi connectivity index (χ1n) is 8.77. The van der Waals surface area contributed by atoms with E-state index in [2.05, 4.69) is 22.4 Å². The zero-order valence-electron chi connectivity index (χ0n) is 15.3. The molecule has 0 spiro atoms. The molecule has 0 fully saturated rings. The van der Waals surface area contributed by atoms with E-state index >= 15 is 0 Å². The van der Waals surface area contributed by atoms with Gasteiger partial charge >= 0.3 is 0 Å². The summed E-state index contributed by atoms with van der Waals surface area (Å²) in [4.78, 5) is 12.2. The molecular weight excluding hydrogens is 362 g/mol. The number of nitrogens with one attached hydrogen (secondary N) is 1. The number of thioether (sulfide) groups is 1. The van der Waals surface area contributed by atoms with Crippen molar-refractivity contribution in [3.8, 4) is 17.2 Å². The van der Waals surface area contributed by atoms with Crippen LogP contribution in [0.25, 0.3) is 11.5 Å². The fourth-order valence-electron chi connectivity index (χ4n) is 2.51. The number of ether oxygens (including phenoxy) is 1. The maximum Gasteiger partial charge on any atom is 0.277 e. The Morgan fingerprint density at radius 2 is 1.89 bits per heavy atom. The largest absolute Gasteiger partial charge is 0.494 e. The van der Waals surface area contributed by atoms with E-state index in [1.165, 1.54) is 11.8 Å². The predicted molar refractivity (Wildman–Crippen MR) is 106 cm³/mol. The van der Waals surface area contributed by atoms with E-state index in [1.807, 2.05) is 55.5 Å². The molecule has 140 valence electrons. The van der Waals surface area contributed by atoms with Gasteiger partial charge in [0.1, 0.15) is 5.75 Å². The lowest BCUT2D eigenvalue weighted by Crippen LogP contribution is -2.15. The predicted octanol–water partition coefficient (Wildman–Crippen LogP) is 4.43. The third kappa shape index (κ3) is 5.10. The Morgan fingerprint density at radius 3 is 2.63 bits per heavy atom. The minimum atomic E-state index is -0.110. The van der Waals surface area contributed by atoms with Crippen LogP contribution in [-0.4, -0.2) is 28.5 Å². The Morgan fingerprint density at radius 1 is 1.11 bits per heavy atom. The second kappa shape index (κ2) is 9.23. The number of carbonyl (C=O) groups is 1. The molecule has 0 aliphatic rings. The Bertz CT molecular complexity index is 893. The minimum Gasteiger partial charge on any atom is -0.494 e. The van der Waals surface area contributed by atoms with Gasteiger partial charge in [0.15, 0.2) is 0 Å². The first-order valence-corrected chi connectivity index (χ1v) is 9.75. The maximum absolute atomic E-state index is 12.2. The lowest BCUT2D eigenvalue weighted by molar-refractivity contribution is -0.113. The molecule has 1 aromatic heterocycles. The van der Waals surface area contributed by atoms with Crippen molar-refractivity contribution in [1.29, 1.82) is 0 Å². The number of hydrogen-bond donors (Lipinski definition) is 1.